The molecule has 58 valence electrons. The summed E-state index contributed by atoms with van der Waals surface area (Å²) >= 11 is 5.80. The van der Waals surface area contributed by atoms with Gasteiger partial charge in [0, 0.05) is 5.02 Å². The topological polar surface area (TPSA) is 29.4 Å². The molecule has 0 fully saturated rings. The Labute approximate surface area is 70.2 Å². The predicted octanol–water partition coefficient (Wildman–Crippen LogP) is 3.35. The third kappa shape index (κ3) is 1.57. The third-order valence-electron chi connectivity index (χ3n) is 1.58. The van der Waals surface area contributed by atoms with E-state index >= 15 is 0 Å². The first-order valence-electron chi connectivity index (χ1n) is 3.25. The molecule has 3 heteroatoms. The lowest BCUT2D eigenvalue weighted by Gasteiger charge is -2.00. The van der Waals surface area contributed by atoms with Gasteiger partial charge in [-0.2, -0.15) is 0 Å². The highest BCUT2D eigenvalue weighted by molar-refractivity contribution is 6.31. The first kappa shape index (κ1) is 8.21. The Morgan fingerprint density at radius 2 is 1.91 bits per heavy atom. The first-order chi connectivity index (χ1) is 5.15. The minimum absolute atomic E-state index is 0.465. The molecule has 0 amide bonds. The van der Waals surface area contributed by atoms with E-state index < -0.39 is 0 Å². The van der Waals surface area contributed by atoms with Gasteiger partial charge < -0.3 is 0 Å². The highest BCUT2D eigenvalue weighted by atomic mass is 35.5. The molecule has 1 aromatic rings. The monoisotopic (exact) mass is 169 g/mol. The van der Waals surface area contributed by atoms with Crippen LogP contribution in [0.2, 0.25) is 5.02 Å². The molecule has 1 rings (SSSR count). The predicted molar refractivity (Wildman–Crippen MR) is 46.4 cm³/mol. The van der Waals surface area contributed by atoms with E-state index in [4.69, 9.17) is 11.6 Å². The van der Waals surface area contributed by atoms with Crippen LogP contribution in [0.15, 0.2) is 17.3 Å². The Morgan fingerprint density at radius 1 is 1.27 bits per heavy atom. The second-order valence-corrected chi connectivity index (χ2v) is 2.89. The number of nitrogens with zero attached hydrogens (tertiary/aromatic N) is 1. The van der Waals surface area contributed by atoms with Crippen LogP contribution in [0, 0.1) is 18.8 Å². The van der Waals surface area contributed by atoms with Crippen LogP contribution in [0.3, 0.4) is 0 Å². The number of halogens is 1. The van der Waals surface area contributed by atoms with Crippen molar-refractivity contribution < 1.29 is 0 Å². The number of rotatable bonds is 1. The zero-order valence-electron chi connectivity index (χ0n) is 6.39. The fourth-order valence-electron chi connectivity index (χ4n) is 0.864. The Kier molecular flexibility index (Phi) is 2.25. The van der Waals surface area contributed by atoms with Crippen LogP contribution in [0.25, 0.3) is 0 Å². The van der Waals surface area contributed by atoms with Gasteiger partial charge in [0.15, 0.2) is 0 Å². The van der Waals surface area contributed by atoms with Crippen molar-refractivity contribution in [2.45, 2.75) is 13.8 Å². The summed E-state index contributed by atoms with van der Waals surface area (Å²) in [6.45, 7) is 3.65. The maximum absolute atomic E-state index is 10.2. The van der Waals surface area contributed by atoms with Gasteiger partial charge in [0.1, 0.15) is 5.69 Å². The van der Waals surface area contributed by atoms with Gasteiger partial charge in [-0.3, -0.25) is 0 Å². The zero-order chi connectivity index (χ0) is 8.43. The Morgan fingerprint density at radius 3 is 2.45 bits per heavy atom. The summed E-state index contributed by atoms with van der Waals surface area (Å²) < 4.78 is 0. The summed E-state index contributed by atoms with van der Waals surface area (Å²) in [6, 6.07) is 3.43. The van der Waals surface area contributed by atoms with Crippen LogP contribution in [0.4, 0.5) is 5.69 Å². The van der Waals surface area contributed by atoms with E-state index in [0.717, 1.165) is 11.1 Å². The molecule has 0 aliphatic rings. The van der Waals surface area contributed by atoms with E-state index in [1.54, 1.807) is 12.1 Å². The van der Waals surface area contributed by atoms with Gasteiger partial charge in [0.2, 0.25) is 0 Å². The lowest BCUT2D eigenvalue weighted by Crippen LogP contribution is -1.78. The second-order valence-electron chi connectivity index (χ2n) is 2.48. The normalized spacial score (nSPS) is 9.73. The standard InChI is InChI=1S/C8H8ClNO/c1-5-4-8(10-11)6(2)3-7(5)9/h3-4H,1-2H3. The van der Waals surface area contributed by atoms with Crippen LogP contribution >= 0.6 is 11.6 Å². The van der Waals surface area contributed by atoms with Crippen molar-refractivity contribution in [3.8, 4) is 0 Å². The minimum Gasteiger partial charge on any atom is -0.145 e. The lowest BCUT2D eigenvalue weighted by atomic mass is 10.1. The molecule has 0 heterocycles. The largest absolute Gasteiger partial charge is 0.145 e. The van der Waals surface area contributed by atoms with Crippen molar-refractivity contribution in [2.24, 2.45) is 5.18 Å². The van der Waals surface area contributed by atoms with E-state index in [0.29, 0.717) is 10.7 Å². The van der Waals surface area contributed by atoms with Crippen LogP contribution in [-0.4, -0.2) is 0 Å². The lowest BCUT2D eigenvalue weighted by molar-refractivity contribution is 1.34. The Hall–Kier alpha value is -0.890. The highest BCUT2D eigenvalue weighted by Gasteiger charge is 2.01. The van der Waals surface area contributed by atoms with E-state index in [-0.39, 0.29) is 0 Å². The maximum Gasteiger partial charge on any atom is 0.111 e. The molecule has 2 nitrogen and oxygen atoms in total. The molecule has 0 spiro atoms. The Bertz CT molecular complexity index is 296. The summed E-state index contributed by atoms with van der Waals surface area (Å²) in [6.07, 6.45) is 0. The van der Waals surface area contributed by atoms with Crippen molar-refractivity contribution in [3.63, 3.8) is 0 Å². The van der Waals surface area contributed by atoms with E-state index in [2.05, 4.69) is 5.18 Å². The number of benzene rings is 1. The average molecular weight is 170 g/mol. The van der Waals surface area contributed by atoms with Gasteiger partial charge in [-0.15, -0.1) is 4.91 Å². The number of aryl methyl sites for hydroxylation is 2. The van der Waals surface area contributed by atoms with Gasteiger partial charge in [0.25, 0.3) is 0 Å². The average Bonchev–Trinajstić information content (AvgIpc) is 1.97. The number of nitroso groups, excluding NO2 is 1. The van der Waals surface area contributed by atoms with Gasteiger partial charge in [0.05, 0.1) is 0 Å². The van der Waals surface area contributed by atoms with Gasteiger partial charge in [-0.05, 0) is 42.3 Å². The maximum atomic E-state index is 10.2. The van der Waals surface area contributed by atoms with Crippen LogP contribution in [-0.2, 0) is 0 Å². The molecule has 0 aromatic heterocycles. The van der Waals surface area contributed by atoms with E-state index in [9.17, 15) is 4.91 Å². The molecule has 0 aliphatic heterocycles. The molecule has 0 aliphatic carbocycles. The fraction of sp³-hybridized carbons (Fsp3) is 0.250. The number of hydrogen-bond acceptors (Lipinski definition) is 2. The van der Waals surface area contributed by atoms with Crippen LogP contribution in [0.5, 0.6) is 0 Å². The zero-order valence-corrected chi connectivity index (χ0v) is 7.14. The molecule has 0 saturated carbocycles. The molecule has 0 N–H and O–H groups in total. The van der Waals surface area contributed by atoms with Gasteiger partial charge in [-0.1, -0.05) is 11.6 Å². The van der Waals surface area contributed by atoms with Crippen molar-refractivity contribution in [1.29, 1.82) is 0 Å². The summed E-state index contributed by atoms with van der Waals surface area (Å²) in [4.78, 5) is 10.2. The highest BCUT2D eigenvalue weighted by Crippen LogP contribution is 2.25. The van der Waals surface area contributed by atoms with Crippen molar-refractivity contribution in [3.05, 3.63) is 33.2 Å². The summed E-state index contributed by atoms with van der Waals surface area (Å²) in [7, 11) is 0. The minimum atomic E-state index is 0.465. The fourth-order valence-corrected chi connectivity index (χ4v) is 1.08. The summed E-state index contributed by atoms with van der Waals surface area (Å²) in [5.41, 5.74) is 2.16. The number of hydrogen-bond donors (Lipinski definition) is 0. The van der Waals surface area contributed by atoms with Gasteiger partial charge in [-0.25, -0.2) is 0 Å². The van der Waals surface area contributed by atoms with Crippen molar-refractivity contribution in [1.82, 2.24) is 0 Å². The van der Waals surface area contributed by atoms with Crippen molar-refractivity contribution in [2.75, 3.05) is 0 Å². The molecule has 0 saturated heterocycles. The molecule has 0 radical (unpaired) electrons. The third-order valence-corrected chi connectivity index (χ3v) is 1.98. The van der Waals surface area contributed by atoms with Gasteiger partial charge >= 0.3 is 0 Å². The second kappa shape index (κ2) is 3.01. The first-order valence-corrected chi connectivity index (χ1v) is 3.63. The quantitative estimate of drug-likeness (QED) is 0.593. The SMILES string of the molecule is Cc1cc(N=O)c(C)cc1Cl. The molecular weight excluding hydrogens is 162 g/mol. The van der Waals surface area contributed by atoms with E-state index in [1.807, 2.05) is 13.8 Å². The van der Waals surface area contributed by atoms with Crippen molar-refractivity contribution >= 4 is 17.3 Å². The molecule has 0 atom stereocenters. The summed E-state index contributed by atoms with van der Waals surface area (Å²) in [5.74, 6) is 0. The van der Waals surface area contributed by atoms with Crippen LogP contribution in [0.1, 0.15) is 11.1 Å². The smallest absolute Gasteiger partial charge is 0.111 e. The van der Waals surface area contributed by atoms with E-state index in [1.165, 1.54) is 0 Å². The Balaban J connectivity index is 3.31. The summed E-state index contributed by atoms with van der Waals surface area (Å²) in [5, 5.41) is 3.54. The molecule has 11 heavy (non-hydrogen) atoms. The molecule has 0 bridgehead atoms. The van der Waals surface area contributed by atoms with Crippen LogP contribution < -0.4 is 0 Å². The molecule has 0 unspecified atom stereocenters. The molecular formula is C8H8ClNO. The molecule has 1 aromatic carbocycles.